The minimum Gasteiger partial charge on any atom is -0.326 e. The topological polar surface area (TPSA) is 44.4 Å². The smallest absolute Gasteiger partial charge is 0.221 e. The molecule has 1 heterocycles. The van der Waals surface area contributed by atoms with Gasteiger partial charge in [0.15, 0.2) is 0 Å². The van der Waals surface area contributed by atoms with E-state index in [0.29, 0.717) is 12.1 Å². The lowest BCUT2D eigenvalue weighted by molar-refractivity contribution is -0.114. The number of carbonyl (C=O) groups excluding carboxylic acids is 1. The molecule has 4 heteroatoms. The molecule has 1 aliphatic carbocycles. The van der Waals surface area contributed by atoms with E-state index in [1.165, 1.54) is 44.3 Å². The highest BCUT2D eigenvalue weighted by molar-refractivity contribution is 5.88. The highest BCUT2D eigenvalue weighted by Gasteiger charge is 2.31. The maximum atomic E-state index is 11.2. The van der Waals surface area contributed by atoms with E-state index in [1.807, 2.05) is 12.1 Å². The molecule has 1 aromatic rings. The zero-order chi connectivity index (χ0) is 15.5. The third-order valence-electron chi connectivity index (χ3n) is 4.79. The molecule has 1 saturated carbocycles. The molecule has 1 aromatic carbocycles. The van der Waals surface area contributed by atoms with Gasteiger partial charge in [0.1, 0.15) is 0 Å². The summed E-state index contributed by atoms with van der Waals surface area (Å²) < 4.78 is 0. The number of nitrogens with zero attached hydrogens (tertiary/aromatic N) is 1. The summed E-state index contributed by atoms with van der Waals surface area (Å²) in [5, 5.41) is 6.61. The Morgan fingerprint density at radius 2 is 1.95 bits per heavy atom. The summed E-state index contributed by atoms with van der Waals surface area (Å²) >= 11 is 0. The molecule has 1 atom stereocenters. The number of piperidine rings is 1. The number of benzene rings is 1. The number of likely N-dealkylation sites (tertiary alicyclic amines) is 1. The third kappa shape index (κ3) is 4.08. The van der Waals surface area contributed by atoms with Crippen molar-refractivity contribution in [2.24, 2.45) is 0 Å². The Morgan fingerprint density at radius 3 is 2.59 bits per heavy atom. The van der Waals surface area contributed by atoms with Gasteiger partial charge in [-0.1, -0.05) is 12.1 Å². The fourth-order valence-electron chi connectivity index (χ4n) is 3.41. The molecule has 2 fully saturated rings. The van der Waals surface area contributed by atoms with Gasteiger partial charge in [0.25, 0.3) is 0 Å². The first-order chi connectivity index (χ1) is 10.6. The van der Waals surface area contributed by atoms with Crippen LogP contribution in [0.25, 0.3) is 0 Å². The monoisotopic (exact) mass is 301 g/mol. The first kappa shape index (κ1) is 15.5. The molecule has 3 rings (SSSR count). The third-order valence-corrected chi connectivity index (χ3v) is 4.79. The molecule has 2 aliphatic rings. The van der Waals surface area contributed by atoms with Gasteiger partial charge in [0.05, 0.1) is 0 Å². The van der Waals surface area contributed by atoms with E-state index in [1.54, 1.807) is 6.92 Å². The quantitative estimate of drug-likeness (QED) is 0.879. The summed E-state index contributed by atoms with van der Waals surface area (Å²) in [5.74, 6) is -0.0230. The molecule has 1 amide bonds. The van der Waals surface area contributed by atoms with Crippen LogP contribution in [0, 0.1) is 0 Å². The lowest BCUT2D eigenvalue weighted by Gasteiger charge is -2.34. The van der Waals surface area contributed by atoms with Crippen LogP contribution in [0.1, 0.15) is 51.1 Å². The molecule has 120 valence electrons. The van der Waals surface area contributed by atoms with E-state index >= 15 is 0 Å². The summed E-state index contributed by atoms with van der Waals surface area (Å²) in [5.41, 5.74) is 2.11. The van der Waals surface area contributed by atoms with Crippen molar-refractivity contribution in [2.75, 3.05) is 18.4 Å². The molecule has 4 nitrogen and oxygen atoms in total. The van der Waals surface area contributed by atoms with Gasteiger partial charge >= 0.3 is 0 Å². The fourth-order valence-corrected chi connectivity index (χ4v) is 3.41. The van der Waals surface area contributed by atoms with Gasteiger partial charge in [-0.05, 0) is 63.4 Å². The van der Waals surface area contributed by atoms with Crippen LogP contribution >= 0.6 is 0 Å². The first-order valence-corrected chi connectivity index (χ1v) is 8.49. The van der Waals surface area contributed by atoms with E-state index in [-0.39, 0.29) is 5.91 Å². The zero-order valence-corrected chi connectivity index (χ0v) is 13.6. The second kappa shape index (κ2) is 6.80. The predicted octanol–water partition coefficient (Wildman–Crippen LogP) is 2.92. The van der Waals surface area contributed by atoms with Gasteiger partial charge in [0.2, 0.25) is 5.91 Å². The highest BCUT2D eigenvalue weighted by atomic mass is 16.1. The van der Waals surface area contributed by atoms with Crippen molar-refractivity contribution in [2.45, 2.75) is 57.7 Å². The molecule has 0 bridgehead atoms. The van der Waals surface area contributed by atoms with Crippen molar-refractivity contribution in [3.05, 3.63) is 29.8 Å². The average Bonchev–Trinajstić information content (AvgIpc) is 3.32. The number of carbonyl (C=O) groups is 1. The maximum Gasteiger partial charge on any atom is 0.221 e. The van der Waals surface area contributed by atoms with Gasteiger partial charge in [0, 0.05) is 30.7 Å². The summed E-state index contributed by atoms with van der Waals surface area (Å²) in [6, 6.07) is 9.95. The molecule has 22 heavy (non-hydrogen) atoms. The molecule has 1 aliphatic heterocycles. The van der Waals surface area contributed by atoms with Crippen molar-refractivity contribution in [3.8, 4) is 0 Å². The van der Waals surface area contributed by atoms with Crippen molar-refractivity contribution < 1.29 is 4.79 Å². The predicted molar refractivity (Wildman–Crippen MR) is 89.9 cm³/mol. The summed E-state index contributed by atoms with van der Waals surface area (Å²) in [6.45, 7) is 6.23. The minimum atomic E-state index is -0.0230. The lowest BCUT2D eigenvalue weighted by atomic mass is 10.0. The summed E-state index contributed by atoms with van der Waals surface area (Å²) in [4.78, 5) is 13.8. The Hall–Kier alpha value is -1.39. The molecule has 0 aromatic heterocycles. The molecular formula is C18H27N3O. The highest BCUT2D eigenvalue weighted by Crippen LogP contribution is 2.29. The Labute approximate surface area is 133 Å². The van der Waals surface area contributed by atoms with Crippen LogP contribution in [0.15, 0.2) is 24.3 Å². The SMILES string of the molecule is CC(=O)Nc1cccc(C(C)NC2CCN(C3CC3)CC2)c1. The van der Waals surface area contributed by atoms with Crippen LogP contribution in [0.2, 0.25) is 0 Å². The number of rotatable bonds is 5. The van der Waals surface area contributed by atoms with Gasteiger partial charge in [-0.3, -0.25) is 4.79 Å². The van der Waals surface area contributed by atoms with Crippen molar-refractivity contribution in [1.82, 2.24) is 10.2 Å². The molecule has 0 radical (unpaired) electrons. The van der Waals surface area contributed by atoms with Crippen LogP contribution in [0.4, 0.5) is 5.69 Å². The second-order valence-corrected chi connectivity index (χ2v) is 6.74. The van der Waals surface area contributed by atoms with Crippen molar-refractivity contribution in [3.63, 3.8) is 0 Å². The standard InChI is InChI=1S/C18H27N3O/c1-13(15-4-3-5-17(12-15)20-14(2)22)19-16-8-10-21(11-9-16)18-6-7-18/h3-5,12-13,16,18-19H,6-11H2,1-2H3,(H,20,22). The molecular weight excluding hydrogens is 274 g/mol. The number of amides is 1. The Bertz CT molecular complexity index is 519. The number of hydrogen-bond acceptors (Lipinski definition) is 3. The van der Waals surface area contributed by atoms with Crippen LogP contribution in [-0.4, -0.2) is 36.0 Å². The molecule has 0 spiro atoms. The Morgan fingerprint density at radius 1 is 1.23 bits per heavy atom. The fraction of sp³-hybridized carbons (Fsp3) is 0.611. The number of hydrogen-bond donors (Lipinski definition) is 2. The molecule has 2 N–H and O–H groups in total. The van der Waals surface area contributed by atoms with E-state index in [2.05, 4.69) is 34.6 Å². The summed E-state index contributed by atoms with van der Waals surface area (Å²) in [7, 11) is 0. The molecule has 1 unspecified atom stereocenters. The van der Waals surface area contributed by atoms with Gasteiger partial charge in [-0.2, -0.15) is 0 Å². The zero-order valence-electron chi connectivity index (χ0n) is 13.6. The number of nitrogens with one attached hydrogen (secondary N) is 2. The Kier molecular flexibility index (Phi) is 4.79. The van der Waals surface area contributed by atoms with Crippen LogP contribution in [0.5, 0.6) is 0 Å². The average molecular weight is 301 g/mol. The van der Waals surface area contributed by atoms with Crippen LogP contribution < -0.4 is 10.6 Å². The van der Waals surface area contributed by atoms with E-state index in [0.717, 1.165) is 11.7 Å². The van der Waals surface area contributed by atoms with Crippen molar-refractivity contribution in [1.29, 1.82) is 0 Å². The molecule has 1 saturated heterocycles. The van der Waals surface area contributed by atoms with E-state index in [9.17, 15) is 4.79 Å². The first-order valence-electron chi connectivity index (χ1n) is 8.49. The Balaban J connectivity index is 1.53. The van der Waals surface area contributed by atoms with Gasteiger partial charge in [-0.15, -0.1) is 0 Å². The minimum absolute atomic E-state index is 0.0230. The van der Waals surface area contributed by atoms with Gasteiger partial charge in [-0.25, -0.2) is 0 Å². The summed E-state index contributed by atoms with van der Waals surface area (Å²) in [6.07, 6.45) is 5.30. The van der Waals surface area contributed by atoms with Crippen molar-refractivity contribution >= 4 is 11.6 Å². The lowest BCUT2D eigenvalue weighted by Crippen LogP contribution is -2.44. The normalized spacial score (nSPS) is 21.5. The van der Waals surface area contributed by atoms with Crippen LogP contribution in [-0.2, 0) is 4.79 Å². The second-order valence-electron chi connectivity index (χ2n) is 6.74. The maximum absolute atomic E-state index is 11.2. The van der Waals surface area contributed by atoms with E-state index < -0.39 is 0 Å². The van der Waals surface area contributed by atoms with E-state index in [4.69, 9.17) is 0 Å². The number of anilines is 1. The van der Waals surface area contributed by atoms with Gasteiger partial charge < -0.3 is 15.5 Å². The van der Waals surface area contributed by atoms with Crippen LogP contribution in [0.3, 0.4) is 0 Å². The largest absolute Gasteiger partial charge is 0.326 e.